The molecule has 33 heavy (non-hydrogen) atoms. The number of alkyl halides is 3. The van der Waals surface area contributed by atoms with Gasteiger partial charge >= 0.3 is 5.97 Å². The molecule has 0 aliphatic carbocycles. The Labute approximate surface area is 212 Å². The number of carbonyl (C=O) groups is 3. The monoisotopic (exact) mass is 533 g/mol. The minimum Gasteiger partial charge on any atom is -0.462 e. The van der Waals surface area contributed by atoms with Crippen LogP contribution in [0.3, 0.4) is 0 Å². The van der Waals surface area contributed by atoms with E-state index < -0.39 is 21.8 Å². The summed E-state index contributed by atoms with van der Waals surface area (Å²) in [5, 5.41) is 8.62. The van der Waals surface area contributed by atoms with Crippen molar-refractivity contribution in [2.45, 2.75) is 44.6 Å². The van der Waals surface area contributed by atoms with Crippen molar-refractivity contribution in [3.8, 4) is 0 Å². The van der Waals surface area contributed by atoms with Gasteiger partial charge in [0.25, 0.3) is 5.91 Å². The number of hydrogen-bond acceptors (Lipinski definition) is 6. The first-order valence-corrected chi connectivity index (χ1v) is 12.1. The van der Waals surface area contributed by atoms with Crippen molar-refractivity contribution in [3.63, 3.8) is 0 Å². The van der Waals surface area contributed by atoms with Crippen LogP contribution in [0.15, 0.2) is 24.3 Å². The fraction of sp³-hybridized carbons (Fsp3) is 0.409. The van der Waals surface area contributed by atoms with Crippen LogP contribution in [-0.2, 0) is 9.53 Å². The summed E-state index contributed by atoms with van der Waals surface area (Å²) in [4.78, 5) is 38.3. The Morgan fingerprint density at radius 1 is 1.12 bits per heavy atom. The van der Waals surface area contributed by atoms with Crippen molar-refractivity contribution >= 4 is 74.6 Å². The van der Waals surface area contributed by atoms with Gasteiger partial charge in [-0.15, -0.1) is 11.3 Å². The van der Waals surface area contributed by atoms with E-state index in [-0.39, 0.29) is 33.9 Å². The minimum atomic E-state index is -1.95. The van der Waals surface area contributed by atoms with Crippen LogP contribution in [-0.4, -0.2) is 34.3 Å². The first kappa shape index (κ1) is 27.2. The largest absolute Gasteiger partial charge is 0.462 e. The number of amides is 2. The number of nitrogens with one attached hydrogen (secondary N) is 3. The molecule has 1 heterocycles. The van der Waals surface area contributed by atoms with Gasteiger partial charge in [0, 0.05) is 11.6 Å². The molecule has 0 bridgehead atoms. The molecular weight excluding hydrogens is 509 g/mol. The molecule has 0 saturated heterocycles. The van der Waals surface area contributed by atoms with Gasteiger partial charge in [-0.2, -0.15) is 0 Å². The summed E-state index contributed by atoms with van der Waals surface area (Å²) in [6.45, 7) is 8.70. The molecule has 11 heteroatoms. The third kappa shape index (κ3) is 6.99. The van der Waals surface area contributed by atoms with Gasteiger partial charge in [0.05, 0.1) is 17.0 Å². The zero-order chi connectivity index (χ0) is 24.9. The smallest absolute Gasteiger partial charge is 0.341 e. The zero-order valence-electron chi connectivity index (χ0n) is 18.8. The fourth-order valence-electron chi connectivity index (χ4n) is 2.81. The number of anilines is 2. The van der Waals surface area contributed by atoms with Crippen LogP contribution in [0.1, 0.15) is 51.9 Å². The summed E-state index contributed by atoms with van der Waals surface area (Å²) in [5.74, 6) is -1.77. The molecule has 2 aromatic rings. The molecule has 7 nitrogen and oxygen atoms in total. The second-order valence-electron chi connectivity index (χ2n) is 7.53. The van der Waals surface area contributed by atoms with Gasteiger partial charge in [-0.1, -0.05) is 66.8 Å². The Hall–Kier alpha value is -2.00. The molecule has 180 valence electrons. The van der Waals surface area contributed by atoms with Gasteiger partial charge in [-0.25, -0.2) is 4.79 Å². The minimum absolute atomic E-state index is 0.134. The second kappa shape index (κ2) is 11.4. The number of para-hydroxylation sites is 1. The van der Waals surface area contributed by atoms with Crippen LogP contribution >= 0.6 is 46.1 Å². The zero-order valence-corrected chi connectivity index (χ0v) is 21.9. The molecule has 0 fully saturated rings. The summed E-state index contributed by atoms with van der Waals surface area (Å²) in [6, 6.07) is 7.33. The third-order valence-corrected chi connectivity index (χ3v) is 6.52. The molecular formula is C22H26Cl3N3O4S. The number of benzene rings is 1. The molecule has 3 N–H and O–H groups in total. The van der Waals surface area contributed by atoms with E-state index in [2.05, 4.69) is 16.0 Å². The predicted molar refractivity (Wildman–Crippen MR) is 135 cm³/mol. The normalized spacial score (nSPS) is 12.3. The van der Waals surface area contributed by atoms with Crippen molar-refractivity contribution in [2.75, 3.05) is 17.2 Å². The number of aryl methyl sites for hydroxylation is 1. The second-order valence-corrected chi connectivity index (χ2v) is 10.9. The first-order valence-electron chi connectivity index (χ1n) is 10.2. The lowest BCUT2D eigenvalue weighted by molar-refractivity contribution is -0.124. The highest BCUT2D eigenvalue weighted by Crippen LogP contribution is 2.38. The third-order valence-electron chi connectivity index (χ3n) is 4.64. The molecule has 1 atom stereocenters. The first-order chi connectivity index (χ1) is 15.4. The van der Waals surface area contributed by atoms with Crippen molar-refractivity contribution < 1.29 is 19.1 Å². The van der Waals surface area contributed by atoms with Crippen molar-refractivity contribution in [2.24, 2.45) is 5.92 Å². The SMILES string of the molecule is CCOC(=O)c1c(N[C@H](NC(=O)C(C)C)C(Cl)(Cl)Cl)sc(C(=O)Nc2ccccc2C)c1C. The number of thiophene rings is 1. The standard InChI is InChI=1S/C22H26Cl3N3O4S/c1-6-32-20(31)15-13(5)16(18(30)26-14-10-8-7-9-12(14)4)33-19(15)28-21(22(23,24)25)27-17(29)11(2)3/h7-11,21,28H,6H2,1-5H3,(H,26,30)(H,27,29)/t21-/m0/s1. The number of halogens is 3. The molecule has 2 amide bonds. The number of carbonyl (C=O) groups excluding carboxylic acids is 3. The summed E-state index contributed by atoms with van der Waals surface area (Å²) in [7, 11) is 0. The van der Waals surface area contributed by atoms with E-state index in [4.69, 9.17) is 39.5 Å². The van der Waals surface area contributed by atoms with E-state index >= 15 is 0 Å². The lowest BCUT2D eigenvalue weighted by Gasteiger charge is -2.28. The van der Waals surface area contributed by atoms with Gasteiger partial charge in [-0.3, -0.25) is 9.59 Å². The van der Waals surface area contributed by atoms with E-state index in [1.54, 1.807) is 33.8 Å². The lowest BCUT2D eigenvalue weighted by Crippen LogP contribution is -2.50. The van der Waals surface area contributed by atoms with Crippen LogP contribution < -0.4 is 16.0 Å². The fourth-order valence-corrected chi connectivity index (χ4v) is 4.26. The summed E-state index contributed by atoms with van der Waals surface area (Å²) in [6.07, 6.45) is -1.17. The number of ether oxygens (including phenoxy) is 1. The van der Waals surface area contributed by atoms with Gasteiger partial charge in [0.1, 0.15) is 11.2 Å². The Bertz CT molecular complexity index is 1030. The summed E-state index contributed by atoms with van der Waals surface area (Å²) >= 11 is 19.3. The quantitative estimate of drug-likeness (QED) is 0.230. The molecule has 2 rings (SSSR count). The van der Waals surface area contributed by atoms with Crippen LogP contribution in [0, 0.1) is 19.8 Å². The molecule has 0 spiro atoms. The van der Waals surface area contributed by atoms with Gasteiger partial charge in [-0.05, 0) is 38.0 Å². The molecule has 0 radical (unpaired) electrons. The molecule has 1 aromatic carbocycles. The Morgan fingerprint density at radius 3 is 2.30 bits per heavy atom. The van der Waals surface area contributed by atoms with Crippen molar-refractivity contribution in [1.29, 1.82) is 0 Å². The molecule has 0 saturated carbocycles. The van der Waals surface area contributed by atoms with E-state index in [1.165, 1.54) is 0 Å². The van der Waals surface area contributed by atoms with Gasteiger partial charge < -0.3 is 20.7 Å². The average Bonchev–Trinajstić information content (AvgIpc) is 3.04. The molecule has 0 aliphatic heterocycles. The Balaban J connectivity index is 2.47. The highest BCUT2D eigenvalue weighted by atomic mass is 35.6. The van der Waals surface area contributed by atoms with Crippen LogP contribution in [0.4, 0.5) is 10.7 Å². The maximum atomic E-state index is 13.1. The van der Waals surface area contributed by atoms with E-state index in [9.17, 15) is 14.4 Å². The molecule has 1 aromatic heterocycles. The number of hydrogen-bond donors (Lipinski definition) is 3. The maximum Gasteiger partial charge on any atom is 0.341 e. The topological polar surface area (TPSA) is 96.5 Å². The molecule has 0 aliphatic rings. The van der Waals surface area contributed by atoms with Crippen molar-refractivity contribution in [3.05, 3.63) is 45.8 Å². The molecule has 0 unspecified atom stereocenters. The van der Waals surface area contributed by atoms with Gasteiger partial charge in [0.15, 0.2) is 0 Å². The van der Waals surface area contributed by atoms with Crippen LogP contribution in [0.5, 0.6) is 0 Å². The van der Waals surface area contributed by atoms with E-state index in [0.717, 1.165) is 16.9 Å². The number of esters is 1. The van der Waals surface area contributed by atoms with Crippen LogP contribution in [0.25, 0.3) is 0 Å². The van der Waals surface area contributed by atoms with Crippen molar-refractivity contribution in [1.82, 2.24) is 5.32 Å². The Morgan fingerprint density at radius 2 is 1.76 bits per heavy atom. The highest BCUT2D eigenvalue weighted by molar-refractivity contribution is 7.18. The van der Waals surface area contributed by atoms with E-state index in [1.807, 2.05) is 25.1 Å². The lowest BCUT2D eigenvalue weighted by atomic mass is 10.1. The van der Waals surface area contributed by atoms with Gasteiger partial charge in [0.2, 0.25) is 9.70 Å². The average molecular weight is 535 g/mol. The summed E-state index contributed by atoms with van der Waals surface area (Å²) < 4.78 is 3.23. The van der Waals surface area contributed by atoms with Crippen LogP contribution in [0.2, 0.25) is 0 Å². The number of rotatable bonds is 8. The maximum absolute atomic E-state index is 13.1. The Kier molecular flexibility index (Phi) is 9.43. The van der Waals surface area contributed by atoms with E-state index in [0.29, 0.717) is 11.3 Å². The predicted octanol–water partition coefficient (Wildman–Crippen LogP) is 5.67. The highest BCUT2D eigenvalue weighted by Gasteiger charge is 2.37. The summed E-state index contributed by atoms with van der Waals surface area (Å²) in [5.41, 5.74) is 2.07.